The predicted octanol–water partition coefficient (Wildman–Crippen LogP) is 2.08. The Balaban J connectivity index is 2.62. The number of benzene rings is 1. The molecule has 1 atom stereocenters. The monoisotopic (exact) mass is 264 g/mol. The fourth-order valence-corrected chi connectivity index (χ4v) is 1.91. The van der Waals surface area contributed by atoms with Gasteiger partial charge in [-0.2, -0.15) is 0 Å². The second-order valence-electron chi connectivity index (χ2n) is 4.09. The molecule has 0 radical (unpaired) electrons. The van der Waals surface area contributed by atoms with Crippen molar-refractivity contribution in [1.82, 2.24) is 10.2 Å². The Morgan fingerprint density at radius 2 is 2.22 bits per heavy atom. The number of carbonyl (C=O) groups is 1. The van der Waals surface area contributed by atoms with Crippen molar-refractivity contribution in [3.05, 3.63) is 34.9 Å². The Hall–Kier alpha value is -1.50. The van der Waals surface area contributed by atoms with Crippen molar-refractivity contribution in [2.45, 2.75) is 13.0 Å². The maximum Gasteiger partial charge on any atom is 0.234 e. The summed E-state index contributed by atoms with van der Waals surface area (Å²) in [5, 5.41) is 3.34. The van der Waals surface area contributed by atoms with Crippen LogP contribution < -0.4 is 5.32 Å². The molecule has 4 heteroatoms. The highest BCUT2D eigenvalue weighted by Crippen LogP contribution is 2.25. The van der Waals surface area contributed by atoms with E-state index >= 15 is 0 Å². The summed E-state index contributed by atoms with van der Waals surface area (Å²) in [6.07, 6.45) is 5.08. The lowest BCUT2D eigenvalue weighted by Crippen LogP contribution is -2.36. The van der Waals surface area contributed by atoms with E-state index in [0.717, 1.165) is 5.56 Å². The van der Waals surface area contributed by atoms with Crippen LogP contribution in [0.3, 0.4) is 0 Å². The van der Waals surface area contributed by atoms with Gasteiger partial charge in [0.2, 0.25) is 5.91 Å². The summed E-state index contributed by atoms with van der Waals surface area (Å²) in [7, 11) is 1.88. The van der Waals surface area contributed by atoms with Gasteiger partial charge in [0.1, 0.15) is 0 Å². The van der Waals surface area contributed by atoms with Gasteiger partial charge in [-0.25, -0.2) is 0 Å². The second kappa shape index (κ2) is 7.05. The molecular formula is C14H17ClN2O. The van der Waals surface area contributed by atoms with E-state index in [1.165, 1.54) is 0 Å². The molecule has 1 amide bonds. The number of nitrogens with one attached hydrogen (secondary N) is 1. The first kappa shape index (κ1) is 14.6. The van der Waals surface area contributed by atoms with Crippen LogP contribution in [0.1, 0.15) is 18.5 Å². The lowest BCUT2D eigenvalue weighted by Gasteiger charge is -2.25. The smallest absolute Gasteiger partial charge is 0.234 e. The molecule has 96 valence electrons. The van der Waals surface area contributed by atoms with Gasteiger partial charge >= 0.3 is 0 Å². The van der Waals surface area contributed by atoms with Crippen LogP contribution in [0, 0.1) is 12.3 Å². The number of likely N-dealkylation sites (N-methyl/N-ethyl adjacent to an activating group) is 1. The third kappa shape index (κ3) is 4.06. The number of nitrogens with zero attached hydrogens (tertiary/aromatic N) is 1. The summed E-state index contributed by atoms with van der Waals surface area (Å²) >= 11 is 6.13. The third-order valence-electron chi connectivity index (χ3n) is 2.80. The quantitative estimate of drug-likeness (QED) is 0.826. The zero-order valence-corrected chi connectivity index (χ0v) is 11.4. The number of hydrogen-bond acceptors (Lipinski definition) is 2. The zero-order chi connectivity index (χ0) is 13.5. The number of carbonyl (C=O) groups excluding carboxylic acids is 1. The maximum absolute atomic E-state index is 11.6. The summed E-state index contributed by atoms with van der Waals surface area (Å²) < 4.78 is 0. The lowest BCUT2D eigenvalue weighted by molar-refractivity contribution is -0.122. The van der Waals surface area contributed by atoms with E-state index in [9.17, 15) is 4.79 Å². The summed E-state index contributed by atoms with van der Waals surface area (Å²) in [5.41, 5.74) is 1.01. The zero-order valence-electron chi connectivity index (χ0n) is 10.6. The van der Waals surface area contributed by atoms with Crippen molar-refractivity contribution in [1.29, 1.82) is 0 Å². The second-order valence-corrected chi connectivity index (χ2v) is 4.50. The SMILES string of the molecule is C#CCNC(=O)CN(C)C(C)c1ccccc1Cl. The van der Waals surface area contributed by atoms with Gasteiger partial charge in [0.25, 0.3) is 0 Å². The maximum atomic E-state index is 11.6. The van der Waals surface area contributed by atoms with E-state index in [1.807, 2.05) is 43.1 Å². The van der Waals surface area contributed by atoms with Crippen molar-refractivity contribution in [3.8, 4) is 12.3 Å². The summed E-state index contributed by atoms with van der Waals surface area (Å²) in [4.78, 5) is 13.5. The molecule has 1 aromatic carbocycles. The Morgan fingerprint density at radius 1 is 1.56 bits per heavy atom. The molecule has 0 saturated carbocycles. The molecule has 0 aromatic heterocycles. The minimum atomic E-state index is -0.0886. The van der Waals surface area contributed by atoms with Gasteiger partial charge in [0.05, 0.1) is 13.1 Å². The summed E-state index contributed by atoms with van der Waals surface area (Å²) in [6.45, 7) is 2.55. The molecule has 1 rings (SSSR count). The van der Waals surface area contributed by atoms with E-state index in [2.05, 4.69) is 11.2 Å². The average Bonchev–Trinajstić information content (AvgIpc) is 2.36. The fraction of sp³-hybridized carbons (Fsp3) is 0.357. The van der Waals surface area contributed by atoms with Crippen LogP contribution >= 0.6 is 11.6 Å². The first-order valence-electron chi connectivity index (χ1n) is 5.71. The Bertz CT molecular complexity index is 453. The van der Waals surface area contributed by atoms with Crippen molar-refractivity contribution >= 4 is 17.5 Å². The largest absolute Gasteiger partial charge is 0.344 e. The minimum absolute atomic E-state index is 0.0651. The highest BCUT2D eigenvalue weighted by molar-refractivity contribution is 6.31. The molecule has 1 unspecified atom stereocenters. The Labute approximate surface area is 113 Å². The standard InChI is InChI=1S/C14H17ClN2O/c1-4-9-16-14(18)10-17(3)11(2)12-7-5-6-8-13(12)15/h1,5-8,11H,9-10H2,2-3H3,(H,16,18). The Morgan fingerprint density at radius 3 is 2.83 bits per heavy atom. The highest BCUT2D eigenvalue weighted by Gasteiger charge is 2.16. The molecule has 0 aliphatic carbocycles. The van der Waals surface area contributed by atoms with E-state index < -0.39 is 0 Å². The van der Waals surface area contributed by atoms with E-state index in [4.69, 9.17) is 18.0 Å². The normalized spacial score (nSPS) is 11.9. The molecule has 1 N–H and O–H groups in total. The number of amides is 1. The highest BCUT2D eigenvalue weighted by atomic mass is 35.5. The van der Waals surface area contributed by atoms with Crippen LogP contribution in [0.5, 0.6) is 0 Å². The number of halogens is 1. The van der Waals surface area contributed by atoms with Crippen LogP contribution in [-0.4, -0.2) is 30.9 Å². The molecule has 18 heavy (non-hydrogen) atoms. The van der Waals surface area contributed by atoms with Crippen LogP contribution in [0.15, 0.2) is 24.3 Å². The average molecular weight is 265 g/mol. The topological polar surface area (TPSA) is 32.3 Å². The van der Waals surface area contributed by atoms with Crippen LogP contribution in [0.4, 0.5) is 0 Å². The fourth-order valence-electron chi connectivity index (χ4n) is 1.62. The van der Waals surface area contributed by atoms with Gasteiger partial charge in [-0.3, -0.25) is 9.69 Å². The minimum Gasteiger partial charge on any atom is -0.344 e. The van der Waals surface area contributed by atoms with Crippen molar-refractivity contribution < 1.29 is 4.79 Å². The molecule has 0 fully saturated rings. The molecule has 0 aliphatic rings. The van der Waals surface area contributed by atoms with Gasteiger partial charge in [-0.15, -0.1) is 6.42 Å². The molecule has 0 spiro atoms. The van der Waals surface area contributed by atoms with Gasteiger partial charge < -0.3 is 5.32 Å². The Kier molecular flexibility index (Phi) is 5.70. The van der Waals surface area contributed by atoms with Crippen molar-refractivity contribution in [3.63, 3.8) is 0 Å². The van der Waals surface area contributed by atoms with Gasteiger partial charge in [0.15, 0.2) is 0 Å². The van der Waals surface area contributed by atoms with Crippen LogP contribution in [-0.2, 0) is 4.79 Å². The first-order valence-corrected chi connectivity index (χ1v) is 6.09. The van der Waals surface area contributed by atoms with E-state index in [0.29, 0.717) is 5.02 Å². The number of rotatable bonds is 5. The molecule has 0 saturated heterocycles. The van der Waals surface area contributed by atoms with E-state index in [-0.39, 0.29) is 25.0 Å². The van der Waals surface area contributed by atoms with Crippen LogP contribution in [0.25, 0.3) is 0 Å². The number of hydrogen-bond donors (Lipinski definition) is 1. The van der Waals surface area contributed by atoms with E-state index in [1.54, 1.807) is 0 Å². The molecule has 1 aromatic rings. The summed E-state index contributed by atoms with van der Waals surface area (Å²) in [5.74, 6) is 2.28. The van der Waals surface area contributed by atoms with Gasteiger partial charge in [-0.1, -0.05) is 35.7 Å². The molecule has 3 nitrogen and oxygen atoms in total. The van der Waals surface area contributed by atoms with Crippen LogP contribution in [0.2, 0.25) is 5.02 Å². The number of terminal acetylenes is 1. The molecule has 0 bridgehead atoms. The summed E-state index contributed by atoms with van der Waals surface area (Å²) in [6, 6.07) is 7.69. The lowest BCUT2D eigenvalue weighted by atomic mass is 10.1. The van der Waals surface area contributed by atoms with Gasteiger partial charge in [-0.05, 0) is 25.6 Å². The van der Waals surface area contributed by atoms with Crippen molar-refractivity contribution in [2.24, 2.45) is 0 Å². The van der Waals surface area contributed by atoms with Gasteiger partial charge in [0, 0.05) is 11.1 Å². The molecule has 0 aliphatic heterocycles. The first-order chi connectivity index (χ1) is 8.56. The van der Waals surface area contributed by atoms with Crippen molar-refractivity contribution in [2.75, 3.05) is 20.1 Å². The predicted molar refractivity (Wildman–Crippen MR) is 74.3 cm³/mol. The molecule has 0 heterocycles. The third-order valence-corrected chi connectivity index (χ3v) is 3.14. The molecular weight excluding hydrogens is 248 g/mol.